The van der Waals surface area contributed by atoms with E-state index in [1.807, 2.05) is 31.2 Å². The standard InChI is InChI=1S/C11H16N4O/c1-8-3-2-4-9(7-8)15-11(16)14-6-5-10(12)13/h2-4,7H,5-6H2,1H3,(H3,12,13)(H2,14,15,16). The number of aryl methyl sites for hydroxylation is 1. The van der Waals surface area contributed by atoms with Gasteiger partial charge in [-0.1, -0.05) is 12.1 Å². The fraction of sp³-hybridized carbons (Fsp3) is 0.273. The molecule has 5 N–H and O–H groups in total. The van der Waals surface area contributed by atoms with Crippen molar-refractivity contribution >= 4 is 17.6 Å². The second kappa shape index (κ2) is 5.75. The van der Waals surface area contributed by atoms with E-state index in [1.165, 1.54) is 0 Å². The van der Waals surface area contributed by atoms with Crippen LogP contribution in [0.4, 0.5) is 10.5 Å². The third kappa shape index (κ3) is 4.45. The fourth-order valence-electron chi connectivity index (χ4n) is 1.21. The number of benzene rings is 1. The first-order valence-corrected chi connectivity index (χ1v) is 5.02. The van der Waals surface area contributed by atoms with Crippen LogP contribution in [0.2, 0.25) is 0 Å². The van der Waals surface area contributed by atoms with Crippen LogP contribution in [-0.4, -0.2) is 18.4 Å². The summed E-state index contributed by atoms with van der Waals surface area (Å²) in [4.78, 5) is 11.4. The molecule has 0 saturated heterocycles. The summed E-state index contributed by atoms with van der Waals surface area (Å²) < 4.78 is 0. The second-order valence-electron chi connectivity index (χ2n) is 3.53. The Bertz CT molecular complexity index is 389. The summed E-state index contributed by atoms with van der Waals surface area (Å²) >= 11 is 0. The fourth-order valence-corrected chi connectivity index (χ4v) is 1.21. The average Bonchev–Trinajstić information content (AvgIpc) is 2.16. The van der Waals surface area contributed by atoms with Gasteiger partial charge in [0.05, 0.1) is 5.84 Å². The molecular weight excluding hydrogens is 204 g/mol. The lowest BCUT2D eigenvalue weighted by Gasteiger charge is -2.07. The van der Waals surface area contributed by atoms with Crippen molar-refractivity contribution in [3.05, 3.63) is 29.8 Å². The number of nitrogens with one attached hydrogen (secondary N) is 3. The maximum atomic E-state index is 11.4. The molecule has 0 fully saturated rings. The highest BCUT2D eigenvalue weighted by atomic mass is 16.2. The number of nitrogens with two attached hydrogens (primary N) is 1. The van der Waals surface area contributed by atoms with Crippen molar-refractivity contribution in [3.8, 4) is 0 Å². The zero-order chi connectivity index (χ0) is 12.0. The molecule has 5 nitrogen and oxygen atoms in total. The number of rotatable bonds is 4. The lowest BCUT2D eigenvalue weighted by molar-refractivity contribution is 0.252. The Morgan fingerprint density at radius 2 is 2.25 bits per heavy atom. The number of amides is 2. The van der Waals surface area contributed by atoms with Crippen LogP contribution in [0.5, 0.6) is 0 Å². The highest BCUT2D eigenvalue weighted by Gasteiger charge is 2.00. The average molecular weight is 220 g/mol. The van der Waals surface area contributed by atoms with Crippen LogP contribution in [-0.2, 0) is 0 Å². The van der Waals surface area contributed by atoms with Gasteiger partial charge in [0, 0.05) is 18.7 Å². The lowest BCUT2D eigenvalue weighted by atomic mass is 10.2. The third-order valence-electron chi connectivity index (χ3n) is 1.96. The minimum absolute atomic E-state index is 0.0656. The van der Waals surface area contributed by atoms with Gasteiger partial charge >= 0.3 is 6.03 Å². The molecule has 0 bridgehead atoms. The third-order valence-corrected chi connectivity index (χ3v) is 1.96. The van der Waals surface area contributed by atoms with Crippen molar-refractivity contribution in [3.63, 3.8) is 0 Å². The van der Waals surface area contributed by atoms with E-state index in [4.69, 9.17) is 11.1 Å². The number of amidine groups is 1. The van der Waals surface area contributed by atoms with Crippen LogP contribution in [0.3, 0.4) is 0 Å². The molecule has 2 amide bonds. The molecule has 1 aromatic carbocycles. The van der Waals surface area contributed by atoms with E-state index in [-0.39, 0.29) is 11.9 Å². The van der Waals surface area contributed by atoms with Gasteiger partial charge < -0.3 is 16.4 Å². The molecule has 0 aliphatic carbocycles. The molecule has 0 aromatic heterocycles. The van der Waals surface area contributed by atoms with Crippen molar-refractivity contribution in [2.75, 3.05) is 11.9 Å². The molecular formula is C11H16N4O. The molecule has 0 aliphatic heterocycles. The first-order chi connectivity index (χ1) is 7.58. The molecule has 5 heteroatoms. The molecule has 1 aromatic rings. The summed E-state index contributed by atoms with van der Waals surface area (Å²) in [5.41, 5.74) is 7.00. The molecule has 0 atom stereocenters. The van der Waals surface area contributed by atoms with Gasteiger partial charge in [-0.25, -0.2) is 4.79 Å². The summed E-state index contributed by atoms with van der Waals surface area (Å²) in [6, 6.07) is 7.24. The summed E-state index contributed by atoms with van der Waals surface area (Å²) in [5, 5.41) is 12.3. The zero-order valence-corrected chi connectivity index (χ0v) is 9.21. The first kappa shape index (κ1) is 12.0. The Morgan fingerprint density at radius 3 is 2.88 bits per heavy atom. The summed E-state index contributed by atoms with van der Waals surface area (Å²) in [6.45, 7) is 2.33. The highest BCUT2D eigenvalue weighted by Crippen LogP contribution is 2.08. The molecule has 0 saturated carbocycles. The van der Waals surface area contributed by atoms with Crippen LogP contribution in [0.25, 0.3) is 0 Å². The van der Waals surface area contributed by atoms with Crippen LogP contribution in [0.1, 0.15) is 12.0 Å². The van der Waals surface area contributed by atoms with Crippen molar-refractivity contribution in [1.82, 2.24) is 5.32 Å². The topological polar surface area (TPSA) is 91.0 Å². The summed E-state index contributed by atoms with van der Waals surface area (Å²) in [5.74, 6) is 0.0656. The van der Waals surface area contributed by atoms with Crippen molar-refractivity contribution in [1.29, 1.82) is 5.41 Å². The molecule has 0 spiro atoms. The van der Waals surface area contributed by atoms with E-state index in [9.17, 15) is 4.79 Å². The van der Waals surface area contributed by atoms with Crippen molar-refractivity contribution < 1.29 is 4.79 Å². The normalized spacial score (nSPS) is 9.56. The lowest BCUT2D eigenvalue weighted by Crippen LogP contribution is -2.31. The number of carbonyl (C=O) groups excluding carboxylic acids is 1. The van der Waals surface area contributed by atoms with Gasteiger partial charge in [-0.05, 0) is 24.6 Å². The van der Waals surface area contributed by atoms with Gasteiger partial charge in [0.25, 0.3) is 0 Å². The summed E-state index contributed by atoms with van der Waals surface area (Å²) in [6.07, 6.45) is 0.362. The highest BCUT2D eigenvalue weighted by molar-refractivity contribution is 5.89. The summed E-state index contributed by atoms with van der Waals surface area (Å²) in [7, 11) is 0. The molecule has 0 aliphatic rings. The van der Waals surface area contributed by atoms with Crippen molar-refractivity contribution in [2.24, 2.45) is 5.73 Å². The van der Waals surface area contributed by atoms with Gasteiger partial charge in [-0.3, -0.25) is 5.41 Å². The molecule has 86 valence electrons. The van der Waals surface area contributed by atoms with E-state index in [1.54, 1.807) is 0 Å². The Hall–Kier alpha value is -2.04. The predicted molar refractivity (Wildman–Crippen MR) is 64.7 cm³/mol. The molecule has 0 radical (unpaired) electrons. The van der Waals surface area contributed by atoms with Gasteiger partial charge in [0.1, 0.15) is 0 Å². The zero-order valence-electron chi connectivity index (χ0n) is 9.21. The Labute approximate surface area is 94.5 Å². The second-order valence-corrected chi connectivity index (χ2v) is 3.53. The minimum Gasteiger partial charge on any atom is -0.388 e. The van der Waals surface area contributed by atoms with Gasteiger partial charge in [-0.2, -0.15) is 0 Å². The van der Waals surface area contributed by atoms with Crippen LogP contribution < -0.4 is 16.4 Å². The molecule has 0 heterocycles. The Morgan fingerprint density at radius 1 is 1.50 bits per heavy atom. The van der Waals surface area contributed by atoms with Gasteiger partial charge in [0.15, 0.2) is 0 Å². The van der Waals surface area contributed by atoms with E-state index in [0.717, 1.165) is 11.3 Å². The van der Waals surface area contributed by atoms with E-state index in [0.29, 0.717) is 13.0 Å². The number of anilines is 1. The smallest absolute Gasteiger partial charge is 0.319 e. The number of urea groups is 1. The Balaban J connectivity index is 2.37. The van der Waals surface area contributed by atoms with Gasteiger partial charge in [0.2, 0.25) is 0 Å². The molecule has 16 heavy (non-hydrogen) atoms. The molecule has 1 rings (SSSR count). The maximum Gasteiger partial charge on any atom is 0.319 e. The van der Waals surface area contributed by atoms with Crippen LogP contribution >= 0.6 is 0 Å². The van der Waals surface area contributed by atoms with E-state index >= 15 is 0 Å². The monoisotopic (exact) mass is 220 g/mol. The minimum atomic E-state index is -0.285. The predicted octanol–water partition coefficient (Wildman–Crippen LogP) is 1.44. The van der Waals surface area contributed by atoms with E-state index in [2.05, 4.69) is 10.6 Å². The van der Waals surface area contributed by atoms with Crippen LogP contribution in [0.15, 0.2) is 24.3 Å². The largest absolute Gasteiger partial charge is 0.388 e. The number of carbonyl (C=O) groups is 1. The first-order valence-electron chi connectivity index (χ1n) is 5.02. The van der Waals surface area contributed by atoms with Crippen molar-refractivity contribution in [2.45, 2.75) is 13.3 Å². The van der Waals surface area contributed by atoms with Gasteiger partial charge in [-0.15, -0.1) is 0 Å². The van der Waals surface area contributed by atoms with Crippen LogP contribution in [0, 0.1) is 12.3 Å². The quantitative estimate of drug-likeness (QED) is 0.457. The number of hydrogen-bond donors (Lipinski definition) is 4. The van der Waals surface area contributed by atoms with E-state index < -0.39 is 0 Å². The maximum absolute atomic E-state index is 11.4. The Kier molecular flexibility index (Phi) is 4.32. The number of hydrogen-bond acceptors (Lipinski definition) is 2. The SMILES string of the molecule is Cc1cccc(NC(=O)NCCC(=N)N)c1. The molecule has 0 unspecified atom stereocenters.